The molecule has 1 aromatic rings. The van der Waals surface area contributed by atoms with Crippen LogP contribution in [0.5, 0.6) is 0 Å². The first kappa shape index (κ1) is 9.26. The normalized spacial score (nSPS) is 15.2. The Kier molecular flexibility index (Phi) is 2.87. The van der Waals surface area contributed by atoms with Gasteiger partial charge in [0.15, 0.2) is 0 Å². The molecule has 0 aliphatic carbocycles. The van der Waals surface area contributed by atoms with E-state index in [2.05, 4.69) is 4.36 Å². The van der Waals surface area contributed by atoms with Gasteiger partial charge < -0.3 is 0 Å². The summed E-state index contributed by atoms with van der Waals surface area (Å²) in [5, 5.41) is 0. The van der Waals surface area contributed by atoms with Gasteiger partial charge in [-0.1, -0.05) is 25.1 Å². The Balaban J connectivity index is 3.04. The first-order valence-electron chi connectivity index (χ1n) is 3.89. The summed E-state index contributed by atoms with van der Waals surface area (Å²) in [7, 11) is -2.00. The lowest BCUT2D eigenvalue weighted by Crippen LogP contribution is -1.97. The van der Waals surface area contributed by atoms with Crippen LogP contribution in [0.2, 0.25) is 0 Å². The zero-order valence-corrected chi connectivity index (χ0v) is 8.17. The van der Waals surface area contributed by atoms with Crippen LogP contribution in [0.25, 0.3) is 0 Å². The maximum absolute atomic E-state index is 11.6. The second-order valence-electron chi connectivity index (χ2n) is 2.67. The fourth-order valence-corrected chi connectivity index (χ4v) is 1.47. The number of rotatable bonds is 2. The maximum Gasteiger partial charge on any atom is 0.0730 e. The number of benzene rings is 1. The van der Waals surface area contributed by atoms with E-state index in [0.29, 0.717) is 5.75 Å². The molecule has 1 rings (SSSR count). The Labute approximate surface area is 73.8 Å². The lowest BCUT2D eigenvalue weighted by Gasteiger charge is -1.98. The average molecular weight is 183 g/mol. The molecule has 0 radical (unpaired) electrons. The standard InChI is InChI=1S/C9H13NOS/c1-3-12(2,11)10-9-7-5-4-6-8-9/h4-8H,3H2,1-2H3/t12-/m1/s1. The quantitative estimate of drug-likeness (QED) is 0.692. The highest BCUT2D eigenvalue weighted by Crippen LogP contribution is 2.12. The van der Waals surface area contributed by atoms with Gasteiger partial charge in [-0.15, -0.1) is 0 Å². The van der Waals surface area contributed by atoms with Crippen LogP contribution in [-0.2, 0) is 9.73 Å². The molecule has 0 saturated carbocycles. The second kappa shape index (κ2) is 3.72. The molecule has 0 aliphatic heterocycles. The molecule has 0 spiro atoms. The minimum atomic E-state index is -2.00. The summed E-state index contributed by atoms with van der Waals surface area (Å²) in [6.45, 7) is 1.88. The number of nitrogens with zero attached hydrogens (tertiary/aromatic N) is 1. The molecule has 0 aromatic heterocycles. The summed E-state index contributed by atoms with van der Waals surface area (Å²) < 4.78 is 15.7. The van der Waals surface area contributed by atoms with E-state index in [9.17, 15) is 4.21 Å². The zero-order chi connectivity index (χ0) is 9.03. The van der Waals surface area contributed by atoms with E-state index in [1.165, 1.54) is 0 Å². The third kappa shape index (κ3) is 2.66. The van der Waals surface area contributed by atoms with Crippen molar-refractivity contribution in [2.24, 2.45) is 4.36 Å². The fraction of sp³-hybridized carbons (Fsp3) is 0.333. The largest absolute Gasteiger partial charge is 0.250 e. The molecule has 1 atom stereocenters. The summed E-state index contributed by atoms with van der Waals surface area (Å²) in [4.78, 5) is 0. The minimum Gasteiger partial charge on any atom is -0.250 e. The Morgan fingerprint density at radius 3 is 2.42 bits per heavy atom. The van der Waals surface area contributed by atoms with Crippen LogP contribution in [0.4, 0.5) is 5.69 Å². The molecule has 2 nitrogen and oxygen atoms in total. The van der Waals surface area contributed by atoms with Gasteiger partial charge in [-0.05, 0) is 12.1 Å². The van der Waals surface area contributed by atoms with Crippen molar-refractivity contribution < 1.29 is 4.21 Å². The van der Waals surface area contributed by atoms with Crippen LogP contribution in [0.15, 0.2) is 34.7 Å². The van der Waals surface area contributed by atoms with Crippen LogP contribution < -0.4 is 0 Å². The molecular formula is C9H13NOS. The van der Waals surface area contributed by atoms with Gasteiger partial charge in [0.1, 0.15) is 0 Å². The highest BCUT2D eigenvalue weighted by atomic mass is 32.2. The van der Waals surface area contributed by atoms with Crippen molar-refractivity contribution >= 4 is 15.4 Å². The van der Waals surface area contributed by atoms with E-state index >= 15 is 0 Å². The average Bonchev–Trinajstić information content (AvgIpc) is 2.06. The lowest BCUT2D eigenvalue weighted by molar-refractivity contribution is 0.681. The summed E-state index contributed by atoms with van der Waals surface area (Å²) in [5.41, 5.74) is 0.798. The fourth-order valence-electron chi connectivity index (χ4n) is 0.776. The van der Waals surface area contributed by atoms with Gasteiger partial charge in [0.25, 0.3) is 0 Å². The summed E-state index contributed by atoms with van der Waals surface area (Å²) in [6, 6.07) is 9.42. The van der Waals surface area contributed by atoms with Gasteiger partial charge in [-0.25, -0.2) is 4.21 Å². The Bertz CT molecular complexity index is 350. The van der Waals surface area contributed by atoms with Gasteiger partial charge in [0.05, 0.1) is 5.69 Å². The minimum absolute atomic E-state index is 0.599. The van der Waals surface area contributed by atoms with E-state index in [0.717, 1.165) is 5.69 Å². The van der Waals surface area contributed by atoms with Gasteiger partial charge in [-0.2, -0.15) is 4.36 Å². The molecular weight excluding hydrogens is 170 g/mol. The molecule has 0 saturated heterocycles. The Morgan fingerprint density at radius 1 is 1.33 bits per heavy atom. The molecule has 0 aliphatic rings. The molecule has 12 heavy (non-hydrogen) atoms. The smallest absolute Gasteiger partial charge is 0.0730 e. The molecule has 0 bridgehead atoms. The molecule has 0 amide bonds. The zero-order valence-electron chi connectivity index (χ0n) is 7.36. The van der Waals surface area contributed by atoms with Crippen LogP contribution in [0, 0.1) is 0 Å². The van der Waals surface area contributed by atoms with Crippen molar-refractivity contribution in [3.8, 4) is 0 Å². The second-order valence-corrected chi connectivity index (χ2v) is 5.35. The summed E-state index contributed by atoms with van der Waals surface area (Å²) in [5.74, 6) is 0.599. The monoisotopic (exact) mass is 183 g/mol. The molecule has 3 heteroatoms. The van der Waals surface area contributed by atoms with Crippen LogP contribution in [-0.4, -0.2) is 16.2 Å². The van der Waals surface area contributed by atoms with Crippen molar-refractivity contribution in [3.05, 3.63) is 30.3 Å². The van der Waals surface area contributed by atoms with Gasteiger partial charge >= 0.3 is 0 Å². The van der Waals surface area contributed by atoms with Gasteiger partial charge in [0, 0.05) is 21.7 Å². The van der Waals surface area contributed by atoms with Crippen molar-refractivity contribution in [2.75, 3.05) is 12.0 Å². The van der Waals surface area contributed by atoms with Gasteiger partial charge in [0.2, 0.25) is 0 Å². The molecule has 0 fully saturated rings. The number of hydrogen-bond donors (Lipinski definition) is 0. The highest BCUT2D eigenvalue weighted by molar-refractivity contribution is 7.93. The molecule has 0 unspecified atom stereocenters. The van der Waals surface area contributed by atoms with Gasteiger partial charge in [-0.3, -0.25) is 0 Å². The van der Waals surface area contributed by atoms with Crippen molar-refractivity contribution in [1.29, 1.82) is 0 Å². The third-order valence-electron chi connectivity index (χ3n) is 1.59. The predicted octanol–water partition coefficient (Wildman–Crippen LogP) is 2.44. The van der Waals surface area contributed by atoms with Crippen LogP contribution in [0.3, 0.4) is 0 Å². The van der Waals surface area contributed by atoms with Crippen LogP contribution >= 0.6 is 0 Å². The Morgan fingerprint density at radius 2 is 1.92 bits per heavy atom. The molecule has 66 valence electrons. The van der Waals surface area contributed by atoms with E-state index < -0.39 is 9.73 Å². The third-order valence-corrected chi connectivity index (χ3v) is 3.26. The highest BCUT2D eigenvalue weighted by Gasteiger charge is 1.95. The topological polar surface area (TPSA) is 29.4 Å². The Hall–Kier alpha value is -0.830. The van der Waals surface area contributed by atoms with Crippen molar-refractivity contribution in [2.45, 2.75) is 6.92 Å². The van der Waals surface area contributed by atoms with Crippen molar-refractivity contribution in [3.63, 3.8) is 0 Å². The van der Waals surface area contributed by atoms with Crippen LogP contribution in [0.1, 0.15) is 6.92 Å². The van der Waals surface area contributed by atoms with Crippen molar-refractivity contribution in [1.82, 2.24) is 0 Å². The SMILES string of the molecule is CC[S@@](C)(=O)=Nc1ccccc1. The van der Waals surface area contributed by atoms with E-state index in [-0.39, 0.29) is 0 Å². The molecule has 1 aromatic carbocycles. The lowest BCUT2D eigenvalue weighted by atomic mass is 10.3. The van der Waals surface area contributed by atoms with E-state index in [1.807, 2.05) is 37.3 Å². The number of hydrogen-bond acceptors (Lipinski definition) is 2. The molecule has 0 N–H and O–H groups in total. The first-order chi connectivity index (χ1) is 5.64. The summed E-state index contributed by atoms with van der Waals surface area (Å²) in [6.07, 6.45) is 1.68. The maximum atomic E-state index is 11.6. The summed E-state index contributed by atoms with van der Waals surface area (Å²) >= 11 is 0. The molecule has 0 heterocycles. The first-order valence-corrected chi connectivity index (χ1v) is 5.98. The van der Waals surface area contributed by atoms with E-state index in [4.69, 9.17) is 0 Å². The predicted molar refractivity (Wildman–Crippen MR) is 53.1 cm³/mol. The van der Waals surface area contributed by atoms with E-state index in [1.54, 1.807) is 6.26 Å².